The lowest BCUT2D eigenvalue weighted by atomic mass is 9.84. The topological polar surface area (TPSA) is 73.4 Å². The molecule has 1 aliphatic carbocycles. The molecule has 1 aliphatic heterocycles. The molecule has 3 atom stereocenters. The Labute approximate surface area is 131 Å². The molecule has 6 nitrogen and oxygen atoms in total. The van der Waals surface area contributed by atoms with Crippen LogP contribution in [0.5, 0.6) is 0 Å². The second-order valence-corrected chi connectivity index (χ2v) is 6.87. The fourth-order valence-electron chi connectivity index (χ4n) is 3.64. The molecule has 1 saturated carbocycles. The van der Waals surface area contributed by atoms with Gasteiger partial charge in [0, 0.05) is 37.3 Å². The summed E-state index contributed by atoms with van der Waals surface area (Å²) >= 11 is 0. The van der Waals surface area contributed by atoms with Gasteiger partial charge in [0.25, 0.3) is 0 Å². The Morgan fingerprint density at radius 3 is 3.00 bits per heavy atom. The molecule has 0 spiro atoms. The van der Waals surface area contributed by atoms with Crippen LogP contribution in [0.4, 0.5) is 0 Å². The van der Waals surface area contributed by atoms with E-state index in [1.807, 2.05) is 31.3 Å². The third kappa shape index (κ3) is 3.03. The van der Waals surface area contributed by atoms with Gasteiger partial charge in [-0.1, -0.05) is 6.42 Å². The molecule has 1 aromatic heterocycles. The molecule has 0 bridgehead atoms. The summed E-state index contributed by atoms with van der Waals surface area (Å²) in [5.74, 6) is 0.327. The quantitative estimate of drug-likeness (QED) is 0.885. The SMILES string of the molecule is Cn1cc([C@]2(C)CN(C(=O)[C@@H]3CCC[C@@H](N)C3)CCO2)cn1. The molecule has 0 unspecified atom stereocenters. The summed E-state index contributed by atoms with van der Waals surface area (Å²) in [6.45, 7) is 3.86. The number of aromatic nitrogens is 2. The maximum Gasteiger partial charge on any atom is 0.225 e. The minimum atomic E-state index is -0.473. The van der Waals surface area contributed by atoms with Crippen molar-refractivity contribution in [2.45, 2.75) is 44.2 Å². The largest absolute Gasteiger partial charge is 0.367 e. The van der Waals surface area contributed by atoms with E-state index in [-0.39, 0.29) is 17.9 Å². The van der Waals surface area contributed by atoms with Crippen LogP contribution < -0.4 is 5.73 Å². The maximum absolute atomic E-state index is 12.8. The van der Waals surface area contributed by atoms with Crippen LogP contribution in [0.2, 0.25) is 0 Å². The van der Waals surface area contributed by atoms with Gasteiger partial charge in [0.05, 0.1) is 19.3 Å². The highest BCUT2D eigenvalue weighted by molar-refractivity contribution is 5.79. The van der Waals surface area contributed by atoms with Gasteiger partial charge in [0.2, 0.25) is 5.91 Å². The number of aryl methyl sites for hydroxylation is 1. The summed E-state index contributed by atoms with van der Waals surface area (Å²) in [5.41, 5.74) is 6.58. The predicted molar refractivity (Wildman–Crippen MR) is 83.0 cm³/mol. The van der Waals surface area contributed by atoms with Crippen LogP contribution >= 0.6 is 0 Å². The van der Waals surface area contributed by atoms with Gasteiger partial charge in [0.1, 0.15) is 5.60 Å². The van der Waals surface area contributed by atoms with Crippen LogP contribution in [0.15, 0.2) is 12.4 Å². The zero-order valence-electron chi connectivity index (χ0n) is 13.5. The second-order valence-electron chi connectivity index (χ2n) is 6.87. The number of hydrogen-bond acceptors (Lipinski definition) is 4. The summed E-state index contributed by atoms with van der Waals surface area (Å²) in [5, 5.41) is 4.22. The number of carbonyl (C=O) groups is 1. The Morgan fingerprint density at radius 1 is 1.50 bits per heavy atom. The van der Waals surface area contributed by atoms with Crippen molar-refractivity contribution < 1.29 is 9.53 Å². The van der Waals surface area contributed by atoms with E-state index in [1.165, 1.54) is 0 Å². The average molecular weight is 306 g/mol. The maximum atomic E-state index is 12.8. The van der Waals surface area contributed by atoms with Gasteiger partial charge < -0.3 is 15.4 Å². The Bertz CT molecular complexity index is 544. The summed E-state index contributed by atoms with van der Waals surface area (Å²) in [7, 11) is 1.89. The molecule has 6 heteroatoms. The van der Waals surface area contributed by atoms with E-state index in [0.29, 0.717) is 19.7 Å². The van der Waals surface area contributed by atoms with E-state index in [1.54, 1.807) is 4.68 Å². The Hall–Kier alpha value is -1.40. The fraction of sp³-hybridized carbons (Fsp3) is 0.750. The van der Waals surface area contributed by atoms with E-state index >= 15 is 0 Å². The van der Waals surface area contributed by atoms with Gasteiger partial charge in [0.15, 0.2) is 0 Å². The molecule has 122 valence electrons. The predicted octanol–water partition coefficient (Wildman–Crippen LogP) is 1.01. The summed E-state index contributed by atoms with van der Waals surface area (Å²) < 4.78 is 7.75. The van der Waals surface area contributed by atoms with Crippen molar-refractivity contribution >= 4 is 5.91 Å². The molecular formula is C16H26N4O2. The minimum absolute atomic E-state index is 0.0833. The lowest BCUT2D eigenvalue weighted by molar-refractivity contribution is -0.154. The first kappa shape index (κ1) is 15.5. The van der Waals surface area contributed by atoms with Gasteiger partial charge in [-0.25, -0.2) is 0 Å². The number of morpholine rings is 1. The van der Waals surface area contributed by atoms with Crippen molar-refractivity contribution in [3.63, 3.8) is 0 Å². The second kappa shape index (κ2) is 6.01. The minimum Gasteiger partial charge on any atom is -0.367 e. The first-order valence-electron chi connectivity index (χ1n) is 8.15. The highest BCUT2D eigenvalue weighted by atomic mass is 16.5. The number of carbonyl (C=O) groups excluding carboxylic acids is 1. The van der Waals surface area contributed by atoms with Crippen molar-refractivity contribution in [1.29, 1.82) is 0 Å². The van der Waals surface area contributed by atoms with Gasteiger partial charge in [-0.05, 0) is 26.2 Å². The lowest BCUT2D eigenvalue weighted by Gasteiger charge is -2.42. The van der Waals surface area contributed by atoms with Crippen molar-refractivity contribution in [3.8, 4) is 0 Å². The molecule has 2 N–H and O–H groups in total. The van der Waals surface area contributed by atoms with E-state index in [2.05, 4.69) is 5.10 Å². The van der Waals surface area contributed by atoms with Crippen molar-refractivity contribution in [3.05, 3.63) is 18.0 Å². The Morgan fingerprint density at radius 2 is 2.32 bits per heavy atom. The molecule has 22 heavy (non-hydrogen) atoms. The molecule has 3 rings (SSSR count). The molecule has 1 amide bonds. The number of ether oxygens (including phenoxy) is 1. The monoisotopic (exact) mass is 306 g/mol. The first-order valence-corrected chi connectivity index (χ1v) is 8.15. The van der Waals surface area contributed by atoms with Crippen molar-refractivity contribution in [1.82, 2.24) is 14.7 Å². The highest BCUT2D eigenvalue weighted by Crippen LogP contribution is 2.31. The fourth-order valence-corrected chi connectivity index (χ4v) is 3.64. The standard InChI is InChI=1S/C16H26N4O2/c1-16(13-9-18-19(2)10-13)11-20(6-7-22-16)15(21)12-4-3-5-14(17)8-12/h9-10,12,14H,3-8,11,17H2,1-2H3/t12-,14-,16+/m1/s1. The van der Waals surface area contributed by atoms with E-state index in [9.17, 15) is 4.79 Å². The van der Waals surface area contributed by atoms with Crippen molar-refractivity contribution in [2.75, 3.05) is 19.7 Å². The summed E-state index contributed by atoms with van der Waals surface area (Å²) in [4.78, 5) is 14.8. The van der Waals surface area contributed by atoms with E-state index in [4.69, 9.17) is 10.5 Å². The van der Waals surface area contributed by atoms with Crippen LogP contribution in [0, 0.1) is 5.92 Å². The van der Waals surface area contributed by atoms with Gasteiger partial charge in [-0.3, -0.25) is 9.48 Å². The van der Waals surface area contributed by atoms with Gasteiger partial charge in [-0.2, -0.15) is 5.10 Å². The molecule has 1 saturated heterocycles. The molecule has 2 aliphatic rings. The van der Waals surface area contributed by atoms with Crippen LogP contribution in [0.1, 0.15) is 38.2 Å². The third-order valence-electron chi connectivity index (χ3n) is 4.97. The number of amides is 1. The van der Waals surface area contributed by atoms with E-state index < -0.39 is 5.60 Å². The Kier molecular flexibility index (Phi) is 4.23. The van der Waals surface area contributed by atoms with Crippen LogP contribution in [-0.4, -0.2) is 46.3 Å². The summed E-state index contributed by atoms with van der Waals surface area (Å²) in [6.07, 6.45) is 7.67. The van der Waals surface area contributed by atoms with Crippen LogP contribution in [-0.2, 0) is 22.2 Å². The molecule has 0 aromatic carbocycles. The lowest BCUT2D eigenvalue weighted by Crippen LogP contribution is -2.52. The number of nitrogens with two attached hydrogens (primary N) is 1. The summed E-state index contributed by atoms with van der Waals surface area (Å²) in [6, 6.07) is 0.174. The first-order chi connectivity index (χ1) is 10.5. The third-order valence-corrected chi connectivity index (χ3v) is 4.97. The average Bonchev–Trinajstić information content (AvgIpc) is 2.94. The molecule has 1 aromatic rings. The molecule has 2 heterocycles. The zero-order chi connectivity index (χ0) is 15.7. The molecule has 2 fully saturated rings. The van der Waals surface area contributed by atoms with Crippen LogP contribution in [0.25, 0.3) is 0 Å². The normalized spacial score (nSPS) is 33.0. The van der Waals surface area contributed by atoms with Gasteiger partial charge in [-0.15, -0.1) is 0 Å². The number of nitrogens with zero attached hydrogens (tertiary/aromatic N) is 3. The Balaban J connectivity index is 1.71. The van der Waals surface area contributed by atoms with E-state index in [0.717, 1.165) is 31.2 Å². The number of hydrogen-bond donors (Lipinski definition) is 1. The molecule has 0 radical (unpaired) electrons. The number of rotatable bonds is 2. The highest BCUT2D eigenvalue weighted by Gasteiger charge is 2.39. The zero-order valence-corrected chi connectivity index (χ0v) is 13.5. The molecular weight excluding hydrogens is 280 g/mol. The van der Waals surface area contributed by atoms with Gasteiger partial charge >= 0.3 is 0 Å². The van der Waals surface area contributed by atoms with Crippen LogP contribution in [0.3, 0.4) is 0 Å². The van der Waals surface area contributed by atoms with Crippen molar-refractivity contribution in [2.24, 2.45) is 18.7 Å². The smallest absolute Gasteiger partial charge is 0.225 e.